The second-order valence-electron chi connectivity index (χ2n) is 7.71. The van der Waals surface area contributed by atoms with E-state index in [1.807, 2.05) is 24.3 Å². The summed E-state index contributed by atoms with van der Waals surface area (Å²) in [4.78, 5) is 26.9. The molecule has 0 bridgehead atoms. The number of amides is 2. The first-order valence-electron chi connectivity index (χ1n) is 10.9. The number of thioether (sulfide) groups is 1. The van der Waals surface area contributed by atoms with Gasteiger partial charge in [0.15, 0.2) is 0 Å². The highest BCUT2D eigenvalue weighted by Gasteiger charge is 2.34. The number of hydrogen-bond donors (Lipinski definition) is 1. The molecule has 0 saturated carbocycles. The average molecular weight is 465 g/mol. The number of ether oxygens (including phenoxy) is 1. The molecule has 33 heavy (non-hydrogen) atoms. The van der Waals surface area contributed by atoms with E-state index in [9.17, 15) is 14.0 Å². The number of rotatable bonds is 8. The largest absolute Gasteiger partial charge is 0.494 e. The maximum Gasteiger partial charge on any atom is 0.255 e. The van der Waals surface area contributed by atoms with Crippen LogP contribution in [-0.4, -0.2) is 24.2 Å². The van der Waals surface area contributed by atoms with Crippen LogP contribution in [0.1, 0.15) is 41.1 Å². The van der Waals surface area contributed by atoms with Gasteiger partial charge in [0.2, 0.25) is 5.91 Å². The van der Waals surface area contributed by atoms with Crippen LogP contribution in [0.25, 0.3) is 0 Å². The molecule has 0 unspecified atom stereocenters. The molecule has 1 aliphatic heterocycles. The van der Waals surface area contributed by atoms with Gasteiger partial charge in [0, 0.05) is 16.9 Å². The van der Waals surface area contributed by atoms with E-state index in [4.69, 9.17) is 4.74 Å². The first-order valence-corrected chi connectivity index (χ1v) is 11.9. The molecule has 1 fully saturated rings. The zero-order valence-electron chi connectivity index (χ0n) is 18.3. The number of carbonyl (C=O) groups excluding carboxylic acids is 2. The Balaban J connectivity index is 1.47. The lowest BCUT2D eigenvalue weighted by Crippen LogP contribution is -2.27. The number of halogens is 1. The zero-order valence-corrected chi connectivity index (χ0v) is 19.1. The Kier molecular flexibility index (Phi) is 7.29. The minimum Gasteiger partial charge on any atom is -0.494 e. The Morgan fingerprint density at radius 1 is 1.12 bits per heavy atom. The highest BCUT2D eigenvalue weighted by molar-refractivity contribution is 8.00. The topological polar surface area (TPSA) is 58.6 Å². The number of hydrogen-bond acceptors (Lipinski definition) is 4. The SMILES string of the molecule is CCCCOc1ccc(C(=O)Nc2cccc([C@@H]3SCC(=O)N3c3ccc(F)cc3)c2)cc1. The minimum absolute atomic E-state index is 0.0349. The fraction of sp³-hybridized carbons (Fsp3) is 0.231. The fourth-order valence-corrected chi connectivity index (χ4v) is 4.73. The van der Waals surface area contributed by atoms with Crippen molar-refractivity contribution in [1.29, 1.82) is 0 Å². The van der Waals surface area contributed by atoms with Crippen molar-refractivity contribution in [2.24, 2.45) is 0 Å². The molecular formula is C26H25FN2O3S. The summed E-state index contributed by atoms with van der Waals surface area (Å²) in [6, 6.07) is 20.4. The van der Waals surface area contributed by atoms with Crippen LogP contribution in [0.2, 0.25) is 0 Å². The second-order valence-corrected chi connectivity index (χ2v) is 8.78. The summed E-state index contributed by atoms with van der Waals surface area (Å²) in [6.07, 6.45) is 2.05. The number of nitrogens with one attached hydrogen (secondary N) is 1. The molecule has 0 radical (unpaired) electrons. The molecule has 2 amide bonds. The van der Waals surface area contributed by atoms with E-state index in [1.165, 1.54) is 23.9 Å². The van der Waals surface area contributed by atoms with Gasteiger partial charge in [-0.15, -0.1) is 11.8 Å². The van der Waals surface area contributed by atoms with Crippen molar-refractivity contribution in [1.82, 2.24) is 0 Å². The van der Waals surface area contributed by atoms with Crippen LogP contribution < -0.4 is 15.0 Å². The van der Waals surface area contributed by atoms with Gasteiger partial charge in [-0.3, -0.25) is 14.5 Å². The van der Waals surface area contributed by atoms with E-state index in [0.29, 0.717) is 29.3 Å². The molecule has 0 aliphatic carbocycles. The van der Waals surface area contributed by atoms with E-state index in [1.54, 1.807) is 41.3 Å². The number of nitrogens with zero attached hydrogens (tertiary/aromatic N) is 1. The highest BCUT2D eigenvalue weighted by Crippen LogP contribution is 2.42. The smallest absolute Gasteiger partial charge is 0.255 e. The predicted octanol–water partition coefficient (Wildman–Crippen LogP) is 6.04. The van der Waals surface area contributed by atoms with E-state index in [0.717, 1.165) is 24.2 Å². The third kappa shape index (κ3) is 5.54. The summed E-state index contributed by atoms with van der Waals surface area (Å²) in [7, 11) is 0. The lowest BCUT2D eigenvalue weighted by molar-refractivity contribution is -0.115. The van der Waals surface area contributed by atoms with Gasteiger partial charge in [-0.2, -0.15) is 0 Å². The van der Waals surface area contributed by atoms with E-state index in [-0.39, 0.29) is 23.0 Å². The first kappa shape index (κ1) is 22.9. The summed E-state index contributed by atoms with van der Waals surface area (Å²) in [5, 5.41) is 2.67. The van der Waals surface area contributed by atoms with Gasteiger partial charge in [-0.05, 0) is 72.6 Å². The summed E-state index contributed by atoms with van der Waals surface area (Å²) < 4.78 is 19.0. The van der Waals surface area contributed by atoms with Crippen LogP contribution in [0.3, 0.4) is 0 Å². The second kappa shape index (κ2) is 10.5. The molecule has 7 heteroatoms. The molecule has 4 rings (SSSR count). The molecule has 0 aromatic heterocycles. The van der Waals surface area contributed by atoms with Crippen molar-refractivity contribution in [3.63, 3.8) is 0 Å². The Labute approximate surface area is 196 Å². The van der Waals surface area contributed by atoms with Gasteiger partial charge < -0.3 is 10.1 Å². The quantitative estimate of drug-likeness (QED) is 0.413. The molecule has 5 nitrogen and oxygen atoms in total. The maximum atomic E-state index is 13.3. The summed E-state index contributed by atoms with van der Waals surface area (Å²) in [5.74, 6) is 0.474. The predicted molar refractivity (Wildman–Crippen MR) is 130 cm³/mol. The van der Waals surface area contributed by atoms with E-state index < -0.39 is 0 Å². The average Bonchev–Trinajstić information content (AvgIpc) is 3.22. The lowest BCUT2D eigenvalue weighted by Gasteiger charge is -2.24. The number of anilines is 2. The first-order chi connectivity index (χ1) is 16.0. The number of benzene rings is 3. The van der Waals surface area contributed by atoms with Crippen molar-refractivity contribution in [2.75, 3.05) is 22.6 Å². The van der Waals surface area contributed by atoms with Crippen LogP contribution in [-0.2, 0) is 4.79 Å². The molecular weight excluding hydrogens is 439 g/mol. The molecule has 3 aromatic rings. The monoisotopic (exact) mass is 464 g/mol. The molecule has 0 spiro atoms. The minimum atomic E-state index is -0.347. The Morgan fingerprint density at radius 3 is 2.61 bits per heavy atom. The van der Waals surface area contributed by atoms with Crippen molar-refractivity contribution in [2.45, 2.75) is 25.1 Å². The van der Waals surface area contributed by atoms with E-state index >= 15 is 0 Å². The van der Waals surface area contributed by atoms with Gasteiger partial charge >= 0.3 is 0 Å². The van der Waals surface area contributed by atoms with Crippen LogP contribution in [0.15, 0.2) is 72.8 Å². The van der Waals surface area contributed by atoms with Crippen molar-refractivity contribution >= 4 is 35.0 Å². The zero-order chi connectivity index (χ0) is 23.2. The Bertz CT molecular complexity index is 1120. The Hall–Kier alpha value is -3.32. The Morgan fingerprint density at radius 2 is 1.88 bits per heavy atom. The summed E-state index contributed by atoms with van der Waals surface area (Å²) in [6.45, 7) is 2.76. The third-order valence-electron chi connectivity index (χ3n) is 5.29. The van der Waals surface area contributed by atoms with Crippen LogP contribution in [0.5, 0.6) is 5.75 Å². The molecule has 1 atom stereocenters. The molecule has 1 aliphatic rings. The standard InChI is InChI=1S/C26H25FN2O3S/c1-2-3-15-32-23-13-7-18(8-14-23)25(31)28-21-6-4-5-19(16-21)26-29(24(30)17-33-26)22-11-9-20(27)10-12-22/h4-14,16,26H,2-3,15,17H2,1H3,(H,28,31)/t26-/m0/s1. The number of unbranched alkanes of at least 4 members (excludes halogenated alkanes) is 1. The van der Waals surface area contributed by atoms with Crippen LogP contribution in [0, 0.1) is 5.82 Å². The molecule has 170 valence electrons. The lowest BCUT2D eigenvalue weighted by atomic mass is 10.1. The van der Waals surface area contributed by atoms with Gasteiger partial charge in [0.1, 0.15) is 16.9 Å². The molecule has 1 N–H and O–H groups in total. The van der Waals surface area contributed by atoms with Crippen LogP contribution in [0.4, 0.5) is 15.8 Å². The summed E-state index contributed by atoms with van der Waals surface area (Å²) in [5.41, 5.74) is 2.70. The third-order valence-corrected chi connectivity index (χ3v) is 6.50. The summed E-state index contributed by atoms with van der Waals surface area (Å²) >= 11 is 1.50. The fourth-order valence-electron chi connectivity index (χ4n) is 3.56. The van der Waals surface area contributed by atoms with Crippen molar-refractivity contribution < 1.29 is 18.7 Å². The van der Waals surface area contributed by atoms with Crippen molar-refractivity contribution in [3.05, 3.63) is 89.7 Å². The van der Waals surface area contributed by atoms with Gasteiger partial charge in [0.25, 0.3) is 5.91 Å². The maximum absolute atomic E-state index is 13.3. The van der Waals surface area contributed by atoms with Crippen LogP contribution >= 0.6 is 11.8 Å². The van der Waals surface area contributed by atoms with Gasteiger partial charge in [0.05, 0.1) is 12.4 Å². The van der Waals surface area contributed by atoms with E-state index in [2.05, 4.69) is 12.2 Å². The molecule has 3 aromatic carbocycles. The van der Waals surface area contributed by atoms with Gasteiger partial charge in [-0.1, -0.05) is 25.5 Å². The number of carbonyl (C=O) groups is 2. The normalized spacial score (nSPS) is 15.5. The van der Waals surface area contributed by atoms with Gasteiger partial charge in [-0.25, -0.2) is 4.39 Å². The highest BCUT2D eigenvalue weighted by atomic mass is 32.2. The molecule has 1 heterocycles. The molecule has 1 saturated heterocycles. The van der Waals surface area contributed by atoms with Crippen molar-refractivity contribution in [3.8, 4) is 5.75 Å².